The normalized spacial score (nSPS) is 20.3. The molecule has 1 heterocycles. The lowest BCUT2D eigenvalue weighted by Crippen LogP contribution is -2.54. The molecule has 1 aliphatic heterocycles. The van der Waals surface area contributed by atoms with Crippen molar-refractivity contribution in [1.29, 1.82) is 0 Å². The molecule has 4 nitrogen and oxygen atoms in total. The molecule has 0 radical (unpaired) electrons. The number of hydrogen-bond acceptors (Lipinski definition) is 3. The first kappa shape index (κ1) is 18.1. The number of piperazine rings is 1. The first-order chi connectivity index (χ1) is 12.0. The van der Waals surface area contributed by atoms with Gasteiger partial charge < -0.3 is 5.11 Å². The van der Waals surface area contributed by atoms with E-state index < -0.39 is 5.97 Å². The van der Waals surface area contributed by atoms with E-state index in [4.69, 9.17) is 5.11 Å². The van der Waals surface area contributed by atoms with Crippen LogP contribution in [0.15, 0.2) is 59.1 Å². The molecule has 0 amide bonds. The molecule has 0 saturated carbocycles. The van der Waals surface area contributed by atoms with E-state index in [-0.39, 0.29) is 18.6 Å². The standard InChI is InChI=1S/C20H23BrN2O2/c1-15-13-23(11-10-22(15)14-19(24)25)20(16-6-3-2-4-7-16)17-8-5-9-18(21)12-17/h2-9,12,15,20H,10-11,13-14H2,1H3,(H,24,25)/t15?,20-/m0/s1. The van der Waals surface area contributed by atoms with Crippen molar-refractivity contribution < 1.29 is 9.90 Å². The Balaban J connectivity index is 1.87. The van der Waals surface area contributed by atoms with E-state index in [1.54, 1.807) is 0 Å². The first-order valence-electron chi connectivity index (χ1n) is 8.55. The van der Waals surface area contributed by atoms with Crippen LogP contribution in [-0.4, -0.2) is 53.1 Å². The van der Waals surface area contributed by atoms with E-state index in [0.717, 1.165) is 24.1 Å². The molecule has 0 aliphatic carbocycles. The van der Waals surface area contributed by atoms with E-state index in [9.17, 15) is 4.79 Å². The van der Waals surface area contributed by atoms with Gasteiger partial charge in [-0.15, -0.1) is 0 Å². The summed E-state index contributed by atoms with van der Waals surface area (Å²) in [5.74, 6) is -0.758. The summed E-state index contributed by atoms with van der Waals surface area (Å²) in [4.78, 5) is 15.6. The molecule has 2 aromatic rings. The fourth-order valence-corrected chi connectivity index (χ4v) is 4.01. The summed E-state index contributed by atoms with van der Waals surface area (Å²) >= 11 is 3.58. The average molecular weight is 403 g/mol. The molecule has 25 heavy (non-hydrogen) atoms. The van der Waals surface area contributed by atoms with Crippen LogP contribution in [-0.2, 0) is 4.79 Å². The number of rotatable bonds is 5. The molecule has 1 aliphatic rings. The van der Waals surface area contributed by atoms with Gasteiger partial charge in [0.2, 0.25) is 0 Å². The number of carbonyl (C=O) groups is 1. The van der Waals surface area contributed by atoms with Gasteiger partial charge in [0.05, 0.1) is 12.6 Å². The van der Waals surface area contributed by atoms with Crippen LogP contribution in [0.1, 0.15) is 24.1 Å². The van der Waals surface area contributed by atoms with Gasteiger partial charge in [0.1, 0.15) is 0 Å². The average Bonchev–Trinajstić information content (AvgIpc) is 2.58. The van der Waals surface area contributed by atoms with Gasteiger partial charge in [0, 0.05) is 30.1 Å². The van der Waals surface area contributed by atoms with Gasteiger partial charge in [-0.05, 0) is 30.2 Å². The lowest BCUT2D eigenvalue weighted by molar-refractivity contribution is -0.139. The van der Waals surface area contributed by atoms with Crippen LogP contribution in [0.5, 0.6) is 0 Å². The zero-order valence-corrected chi connectivity index (χ0v) is 15.9. The zero-order chi connectivity index (χ0) is 17.8. The Labute approximate surface area is 157 Å². The van der Waals surface area contributed by atoms with E-state index in [1.807, 2.05) is 17.0 Å². The van der Waals surface area contributed by atoms with Crippen molar-refractivity contribution in [3.63, 3.8) is 0 Å². The zero-order valence-electron chi connectivity index (χ0n) is 14.3. The molecular formula is C20H23BrN2O2. The molecule has 5 heteroatoms. The number of carboxylic acids is 1. The molecule has 0 aromatic heterocycles. The van der Waals surface area contributed by atoms with Crippen LogP contribution in [0.4, 0.5) is 0 Å². The predicted molar refractivity (Wildman–Crippen MR) is 103 cm³/mol. The Bertz CT molecular complexity index is 723. The Kier molecular flexibility index (Phi) is 5.89. The number of hydrogen-bond donors (Lipinski definition) is 1. The maximum absolute atomic E-state index is 11.0. The Morgan fingerprint density at radius 1 is 1.16 bits per heavy atom. The van der Waals surface area contributed by atoms with Gasteiger partial charge in [-0.1, -0.05) is 58.4 Å². The number of aliphatic carboxylic acids is 1. The minimum atomic E-state index is -0.758. The fraction of sp³-hybridized carbons (Fsp3) is 0.350. The predicted octanol–water partition coefficient (Wildman–Crippen LogP) is 3.63. The molecule has 132 valence electrons. The molecule has 1 N–H and O–H groups in total. The lowest BCUT2D eigenvalue weighted by atomic mass is 9.95. The molecule has 1 fully saturated rings. The van der Waals surface area contributed by atoms with Crippen LogP contribution in [0.3, 0.4) is 0 Å². The third-order valence-electron chi connectivity index (χ3n) is 4.78. The number of nitrogens with zero attached hydrogens (tertiary/aromatic N) is 2. The van der Waals surface area contributed by atoms with Gasteiger partial charge in [-0.25, -0.2) is 0 Å². The van der Waals surface area contributed by atoms with Crippen LogP contribution in [0, 0.1) is 0 Å². The largest absolute Gasteiger partial charge is 0.480 e. The van der Waals surface area contributed by atoms with E-state index in [1.165, 1.54) is 11.1 Å². The Hall–Kier alpha value is -1.69. The van der Waals surface area contributed by atoms with E-state index in [0.29, 0.717) is 0 Å². The number of carboxylic acid groups (broad SMARTS) is 1. The molecule has 2 atom stereocenters. The minimum absolute atomic E-state index is 0.113. The molecule has 2 aromatic carbocycles. The lowest BCUT2D eigenvalue weighted by Gasteiger charge is -2.43. The van der Waals surface area contributed by atoms with Gasteiger partial charge in [-0.2, -0.15) is 0 Å². The van der Waals surface area contributed by atoms with Gasteiger partial charge in [0.25, 0.3) is 0 Å². The number of halogens is 1. The maximum atomic E-state index is 11.0. The van der Waals surface area contributed by atoms with Gasteiger partial charge in [-0.3, -0.25) is 14.6 Å². The molecular weight excluding hydrogens is 380 g/mol. The van der Waals surface area contributed by atoms with Crippen molar-refractivity contribution in [3.8, 4) is 0 Å². The van der Waals surface area contributed by atoms with Gasteiger partial charge >= 0.3 is 5.97 Å². The van der Waals surface area contributed by atoms with Crippen molar-refractivity contribution in [1.82, 2.24) is 9.80 Å². The monoisotopic (exact) mass is 402 g/mol. The quantitative estimate of drug-likeness (QED) is 0.828. The summed E-state index contributed by atoms with van der Waals surface area (Å²) in [7, 11) is 0. The SMILES string of the molecule is CC1CN([C@@H](c2ccccc2)c2cccc(Br)c2)CCN1CC(=O)O. The van der Waals surface area contributed by atoms with Crippen molar-refractivity contribution >= 4 is 21.9 Å². The van der Waals surface area contributed by atoms with Crippen molar-refractivity contribution in [3.05, 3.63) is 70.2 Å². The number of benzene rings is 2. The Morgan fingerprint density at radius 3 is 2.52 bits per heavy atom. The van der Waals surface area contributed by atoms with Gasteiger partial charge in [0.15, 0.2) is 0 Å². The van der Waals surface area contributed by atoms with Crippen molar-refractivity contribution in [2.24, 2.45) is 0 Å². The molecule has 0 bridgehead atoms. The van der Waals surface area contributed by atoms with Crippen LogP contribution in [0.2, 0.25) is 0 Å². The van der Waals surface area contributed by atoms with E-state index >= 15 is 0 Å². The summed E-state index contributed by atoms with van der Waals surface area (Å²) in [5.41, 5.74) is 2.51. The van der Waals surface area contributed by atoms with Crippen LogP contribution >= 0.6 is 15.9 Å². The summed E-state index contributed by atoms with van der Waals surface area (Å²) in [5, 5.41) is 9.08. The molecule has 1 saturated heterocycles. The van der Waals surface area contributed by atoms with Crippen LogP contribution in [0.25, 0.3) is 0 Å². The second kappa shape index (κ2) is 8.13. The van der Waals surface area contributed by atoms with E-state index in [2.05, 4.69) is 70.2 Å². The fourth-order valence-electron chi connectivity index (χ4n) is 3.59. The first-order valence-corrected chi connectivity index (χ1v) is 9.34. The minimum Gasteiger partial charge on any atom is -0.480 e. The molecule has 3 rings (SSSR count). The van der Waals surface area contributed by atoms with Crippen molar-refractivity contribution in [2.75, 3.05) is 26.2 Å². The molecule has 1 unspecified atom stereocenters. The third-order valence-corrected chi connectivity index (χ3v) is 5.27. The maximum Gasteiger partial charge on any atom is 0.317 e. The summed E-state index contributed by atoms with van der Waals surface area (Å²) in [6, 6.07) is 19.3. The highest BCUT2D eigenvalue weighted by atomic mass is 79.9. The van der Waals surface area contributed by atoms with Crippen molar-refractivity contribution in [2.45, 2.75) is 19.0 Å². The third kappa shape index (κ3) is 4.48. The second-order valence-electron chi connectivity index (χ2n) is 6.58. The highest BCUT2D eigenvalue weighted by Gasteiger charge is 2.30. The second-order valence-corrected chi connectivity index (χ2v) is 7.49. The topological polar surface area (TPSA) is 43.8 Å². The summed E-state index contributed by atoms with van der Waals surface area (Å²) in [6.07, 6.45) is 0. The Morgan fingerprint density at radius 2 is 1.88 bits per heavy atom. The summed E-state index contributed by atoms with van der Waals surface area (Å²) in [6.45, 7) is 4.69. The highest BCUT2D eigenvalue weighted by Crippen LogP contribution is 2.31. The highest BCUT2D eigenvalue weighted by molar-refractivity contribution is 9.10. The van der Waals surface area contributed by atoms with Crippen LogP contribution < -0.4 is 0 Å². The smallest absolute Gasteiger partial charge is 0.317 e. The molecule has 0 spiro atoms. The summed E-state index contributed by atoms with van der Waals surface area (Å²) < 4.78 is 1.07.